The first-order valence-electron chi connectivity index (χ1n) is 34.6. The average Bonchev–Trinajstić information content (AvgIpc) is 3.44. The average molecular weight is 1090 g/mol. The van der Waals surface area contributed by atoms with Crippen molar-refractivity contribution in [3.05, 3.63) is 48.6 Å². The maximum atomic E-state index is 12.9. The number of rotatable bonds is 64. The Labute approximate surface area is 486 Å². The van der Waals surface area contributed by atoms with Gasteiger partial charge in [-0.2, -0.15) is 0 Å². The van der Waals surface area contributed by atoms with Crippen LogP contribution >= 0.6 is 0 Å². The number of esters is 3. The molecule has 0 aliphatic heterocycles. The van der Waals surface area contributed by atoms with Crippen molar-refractivity contribution in [1.29, 1.82) is 0 Å². The number of carbonyl (C=O) groups is 3. The first-order chi connectivity index (χ1) is 38.5. The van der Waals surface area contributed by atoms with Crippen LogP contribution in [0, 0.1) is 0 Å². The van der Waals surface area contributed by atoms with Gasteiger partial charge >= 0.3 is 17.9 Å². The summed E-state index contributed by atoms with van der Waals surface area (Å²) in [7, 11) is 0. The quantitative estimate of drug-likeness (QED) is 0.0261. The highest BCUT2D eigenvalue weighted by Gasteiger charge is 2.19. The highest BCUT2D eigenvalue weighted by atomic mass is 16.6. The van der Waals surface area contributed by atoms with Gasteiger partial charge in [-0.3, -0.25) is 14.4 Å². The third-order valence-electron chi connectivity index (χ3n) is 15.5. The van der Waals surface area contributed by atoms with Crippen LogP contribution in [0.4, 0.5) is 0 Å². The lowest BCUT2D eigenvalue weighted by Gasteiger charge is -2.18. The van der Waals surface area contributed by atoms with Gasteiger partial charge in [-0.15, -0.1) is 0 Å². The van der Waals surface area contributed by atoms with Crippen molar-refractivity contribution in [2.24, 2.45) is 0 Å². The summed E-state index contributed by atoms with van der Waals surface area (Å²) in [5, 5.41) is 0. The van der Waals surface area contributed by atoms with E-state index in [-0.39, 0.29) is 31.1 Å². The molecule has 0 spiro atoms. The normalized spacial score (nSPS) is 12.3. The highest BCUT2D eigenvalue weighted by molar-refractivity contribution is 5.71. The summed E-state index contributed by atoms with van der Waals surface area (Å²) >= 11 is 0. The third kappa shape index (κ3) is 64.2. The molecule has 456 valence electrons. The van der Waals surface area contributed by atoms with Crippen LogP contribution in [-0.2, 0) is 28.6 Å². The van der Waals surface area contributed by atoms with Crippen molar-refractivity contribution in [2.75, 3.05) is 13.2 Å². The molecular formula is C72H132O6. The molecule has 0 saturated carbocycles. The molecule has 1 unspecified atom stereocenters. The molecule has 0 aliphatic rings. The first kappa shape index (κ1) is 75.4. The molecule has 0 amide bonds. The zero-order chi connectivity index (χ0) is 56.4. The summed E-state index contributed by atoms with van der Waals surface area (Å²) < 4.78 is 16.9. The lowest BCUT2D eigenvalue weighted by molar-refractivity contribution is -0.167. The number of ether oxygens (including phenoxy) is 3. The Balaban J connectivity index is 4.10. The standard InChI is InChI=1S/C72H132O6/c1-4-7-10-13-16-19-22-24-26-28-30-31-32-33-34-35-36-37-38-39-40-41-43-44-46-48-50-53-56-59-62-65-71(74)77-68-69(67-76-70(73)64-61-58-55-52-21-18-15-12-9-6-3)78-72(75)66-63-60-57-54-51-49-47-45-42-29-27-25-23-20-17-14-11-8-5-2/h12,15,17,20,25,27-28,30,69H,4-11,13-14,16,18-19,21-24,26,29,31-68H2,1-3H3/b15-12-,20-17-,27-25-,30-28-. The minimum Gasteiger partial charge on any atom is -0.462 e. The number of hydrogen-bond acceptors (Lipinski definition) is 6. The zero-order valence-electron chi connectivity index (χ0n) is 52.5. The largest absolute Gasteiger partial charge is 0.462 e. The Morgan fingerprint density at radius 3 is 0.795 bits per heavy atom. The minimum atomic E-state index is -0.777. The van der Waals surface area contributed by atoms with Gasteiger partial charge in [0.1, 0.15) is 13.2 Å². The van der Waals surface area contributed by atoms with Gasteiger partial charge in [0, 0.05) is 19.3 Å². The summed E-state index contributed by atoms with van der Waals surface area (Å²) in [6.45, 7) is 6.60. The molecule has 0 heterocycles. The molecule has 78 heavy (non-hydrogen) atoms. The fourth-order valence-electron chi connectivity index (χ4n) is 10.3. The predicted octanol–water partition coefficient (Wildman–Crippen LogP) is 23.7. The van der Waals surface area contributed by atoms with Crippen molar-refractivity contribution < 1.29 is 28.6 Å². The van der Waals surface area contributed by atoms with E-state index in [1.54, 1.807) is 0 Å². The highest BCUT2D eigenvalue weighted by Crippen LogP contribution is 2.18. The van der Waals surface area contributed by atoms with Crippen LogP contribution < -0.4 is 0 Å². The summed E-state index contributed by atoms with van der Waals surface area (Å²) in [5.41, 5.74) is 0. The molecule has 0 bridgehead atoms. The van der Waals surface area contributed by atoms with Crippen LogP contribution in [0.2, 0.25) is 0 Å². The van der Waals surface area contributed by atoms with E-state index in [0.717, 1.165) is 77.0 Å². The number of hydrogen-bond donors (Lipinski definition) is 0. The van der Waals surface area contributed by atoms with Crippen molar-refractivity contribution in [3.8, 4) is 0 Å². The van der Waals surface area contributed by atoms with Crippen LogP contribution in [-0.4, -0.2) is 37.2 Å². The van der Waals surface area contributed by atoms with Crippen molar-refractivity contribution in [1.82, 2.24) is 0 Å². The Morgan fingerprint density at radius 2 is 0.487 bits per heavy atom. The Bertz CT molecular complexity index is 1350. The fourth-order valence-corrected chi connectivity index (χ4v) is 10.3. The van der Waals surface area contributed by atoms with E-state index in [4.69, 9.17) is 14.2 Å². The molecule has 0 aromatic rings. The van der Waals surface area contributed by atoms with Crippen molar-refractivity contribution in [2.45, 2.75) is 380 Å². The fraction of sp³-hybridized carbons (Fsp3) is 0.847. The number of carbonyl (C=O) groups excluding carboxylic acids is 3. The van der Waals surface area contributed by atoms with E-state index in [2.05, 4.69) is 69.4 Å². The van der Waals surface area contributed by atoms with E-state index in [9.17, 15) is 14.4 Å². The molecule has 1 atom stereocenters. The summed E-state index contributed by atoms with van der Waals surface area (Å²) in [6, 6.07) is 0. The second-order valence-corrected chi connectivity index (χ2v) is 23.4. The molecule has 0 N–H and O–H groups in total. The van der Waals surface area contributed by atoms with Crippen LogP contribution in [0.25, 0.3) is 0 Å². The van der Waals surface area contributed by atoms with E-state index < -0.39 is 6.10 Å². The van der Waals surface area contributed by atoms with Gasteiger partial charge < -0.3 is 14.2 Å². The Hall–Kier alpha value is -2.63. The van der Waals surface area contributed by atoms with Gasteiger partial charge in [-0.1, -0.05) is 307 Å². The van der Waals surface area contributed by atoms with Gasteiger partial charge in [0.25, 0.3) is 0 Å². The second-order valence-electron chi connectivity index (χ2n) is 23.4. The monoisotopic (exact) mass is 1090 g/mol. The number of allylic oxidation sites excluding steroid dienone is 8. The topological polar surface area (TPSA) is 78.9 Å². The maximum absolute atomic E-state index is 12.9. The Morgan fingerprint density at radius 1 is 0.256 bits per heavy atom. The molecule has 6 heteroatoms. The van der Waals surface area contributed by atoms with E-state index in [0.29, 0.717) is 19.3 Å². The first-order valence-corrected chi connectivity index (χ1v) is 34.6. The lowest BCUT2D eigenvalue weighted by atomic mass is 10.0. The third-order valence-corrected chi connectivity index (χ3v) is 15.5. The van der Waals surface area contributed by atoms with Gasteiger partial charge in [0.2, 0.25) is 0 Å². The molecule has 0 rings (SSSR count). The smallest absolute Gasteiger partial charge is 0.306 e. The molecule has 0 radical (unpaired) electrons. The van der Waals surface area contributed by atoms with Crippen molar-refractivity contribution >= 4 is 17.9 Å². The second kappa shape index (κ2) is 66.9. The van der Waals surface area contributed by atoms with Crippen LogP contribution in [0.5, 0.6) is 0 Å². The predicted molar refractivity (Wildman–Crippen MR) is 339 cm³/mol. The molecule has 0 aliphatic carbocycles. The summed E-state index contributed by atoms with van der Waals surface area (Å²) in [6.07, 6.45) is 84.4. The molecule has 0 aromatic carbocycles. The van der Waals surface area contributed by atoms with Crippen molar-refractivity contribution in [3.63, 3.8) is 0 Å². The SMILES string of the molecule is CCC/C=C\CCCCCCCC(=O)OCC(COC(=O)CCCCCCCCCCCCCCCCCCCCC/C=C\CCCCCCCCCC)OC(=O)CCCCCCCCCCC/C=C\C/C=C\CCCCC. The molecular weight excluding hydrogens is 961 g/mol. The van der Waals surface area contributed by atoms with Gasteiger partial charge in [0.15, 0.2) is 6.10 Å². The molecule has 0 aromatic heterocycles. The van der Waals surface area contributed by atoms with Gasteiger partial charge in [0.05, 0.1) is 0 Å². The molecule has 0 saturated heterocycles. The lowest BCUT2D eigenvalue weighted by Crippen LogP contribution is -2.30. The van der Waals surface area contributed by atoms with Gasteiger partial charge in [-0.05, 0) is 96.3 Å². The Kier molecular flexibility index (Phi) is 64.6. The molecule has 0 fully saturated rings. The summed E-state index contributed by atoms with van der Waals surface area (Å²) in [5.74, 6) is -0.869. The van der Waals surface area contributed by atoms with E-state index in [1.807, 2.05) is 0 Å². The molecule has 6 nitrogen and oxygen atoms in total. The van der Waals surface area contributed by atoms with E-state index >= 15 is 0 Å². The zero-order valence-corrected chi connectivity index (χ0v) is 52.5. The number of unbranched alkanes of at least 4 members (excludes halogenated alkanes) is 45. The maximum Gasteiger partial charge on any atom is 0.306 e. The van der Waals surface area contributed by atoms with Crippen LogP contribution in [0.3, 0.4) is 0 Å². The summed E-state index contributed by atoms with van der Waals surface area (Å²) in [4.78, 5) is 38.3. The van der Waals surface area contributed by atoms with Crippen LogP contribution in [0.15, 0.2) is 48.6 Å². The van der Waals surface area contributed by atoms with Gasteiger partial charge in [-0.25, -0.2) is 0 Å². The van der Waals surface area contributed by atoms with E-state index in [1.165, 1.54) is 257 Å². The van der Waals surface area contributed by atoms with Crippen LogP contribution in [0.1, 0.15) is 374 Å². The minimum absolute atomic E-state index is 0.0740.